The number of phenolic OH excluding ortho intramolecular Hbond substituents is 1. The minimum atomic E-state index is 0.292. The Hall–Kier alpha value is -1.50. The van der Waals surface area contributed by atoms with E-state index in [0.717, 1.165) is 24.0 Å². The van der Waals surface area contributed by atoms with Crippen molar-refractivity contribution < 1.29 is 5.11 Å². The van der Waals surface area contributed by atoms with Gasteiger partial charge < -0.3 is 5.11 Å². The van der Waals surface area contributed by atoms with Crippen LogP contribution in [-0.2, 0) is 0 Å². The van der Waals surface area contributed by atoms with Gasteiger partial charge in [-0.3, -0.25) is 0 Å². The van der Waals surface area contributed by atoms with Crippen molar-refractivity contribution in [2.45, 2.75) is 12.8 Å². The molecule has 0 radical (unpaired) electrons. The van der Waals surface area contributed by atoms with Crippen LogP contribution < -0.4 is 0 Å². The Kier molecular flexibility index (Phi) is 3.32. The smallest absolute Gasteiger partial charge is 0.115 e. The van der Waals surface area contributed by atoms with Crippen molar-refractivity contribution in [1.82, 2.24) is 0 Å². The van der Waals surface area contributed by atoms with E-state index in [0.29, 0.717) is 5.75 Å². The van der Waals surface area contributed by atoms with Crippen LogP contribution in [0.25, 0.3) is 5.57 Å². The van der Waals surface area contributed by atoms with Gasteiger partial charge in [-0.1, -0.05) is 24.8 Å². The first-order valence-corrected chi connectivity index (χ1v) is 4.32. The van der Waals surface area contributed by atoms with Crippen LogP contribution in [0.5, 0.6) is 5.75 Å². The van der Waals surface area contributed by atoms with Gasteiger partial charge in [0.2, 0.25) is 0 Å². The molecule has 0 unspecified atom stereocenters. The lowest BCUT2D eigenvalue weighted by molar-refractivity contribution is 0.475. The zero-order valence-electron chi connectivity index (χ0n) is 7.66. The Morgan fingerprint density at radius 2 is 1.92 bits per heavy atom. The number of aromatic hydroxyl groups is 1. The first-order valence-electron chi connectivity index (χ1n) is 4.32. The topological polar surface area (TPSA) is 20.2 Å². The molecule has 1 N–H and O–H groups in total. The van der Waals surface area contributed by atoms with Crippen LogP contribution >= 0.6 is 0 Å². The normalized spacial score (nSPS) is 9.54. The summed E-state index contributed by atoms with van der Waals surface area (Å²) in [5.74, 6) is 0.292. The van der Waals surface area contributed by atoms with E-state index in [2.05, 4.69) is 13.2 Å². The fourth-order valence-electron chi connectivity index (χ4n) is 1.12. The van der Waals surface area contributed by atoms with Crippen molar-refractivity contribution in [3.05, 3.63) is 49.1 Å². The number of allylic oxidation sites excluding steroid dienone is 2. The summed E-state index contributed by atoms with van der Waals surface area (Å²) in [6.45, 7) is 7.62. The minimum Gasteiger partial charge on any atom is -0.508 e. The molecule has 1 aromatic carbocycles. The molecule has 0 heterocycles. The SMILES string of the molecule is C=CCCC(=C)c1ccc(O)cc1. The van der Waals surface area contributed by atoms with E-state index in [1.807, 2.05) is 18.2 Å². The number of hydrogen-bond acceptors (Lipinski definition) is 1. The molecule has 0 spiro atoms. The van der Waals surface area contributed by atoms with E-state index in [4.69, 9.17) is 5.11 Å². The lowest BCUT2D eigenvalue weighted by Gasteiger charge is -2.03. The predicted molar refractivity (Wildman–Crippen MR) is 56.6 cm³/mol. The Morgan fingerprint density at radius 1 is 1.31 bits per heavy atom. The maximum Gasteiger partial charge on any atom is 0.115 e. The third-order valence-corrected chi connectivity index (χ3v) is 1.93. The van der Waals surface area contributed by atoms with Crippen LogP contribution in [0.4, 0.5) is 0 Å². The highest BCUT2D eigenvalue weighted by Crippen LogP contribution is 2.20. The molecular weight excluding hydrogens is 160 g/mol. The summed E-state index contributed by atoms with van der Waals surface area (Å²) in [6.07, 6.45) is 3.75. The lowest BCUT2D eigenvalue weighted by atomic mass is 10.0. The summed E-state index contributed by atoms with van der Waals surface area (Å²) in [5, 5.41) is 9.07. The standard InChI is InChI=1S/C12H14O/c1-3-4-5-10(2)11-6-8-12(13)9-7-11/h3,6-9,13H,1-2,4-5H2. The molecular formula is C12H14O. The van der Waals surface area contributed by atoms with Crippen molar-refractivity contribution >= 4 is 5.57 Å². The van der Waals surface area contributed by atoms with Crippen molar-refractivity contribution in [1.29, 1.82) is 0 Å². The van der Waals surface area contributed by atoms with Gasteiger partial charge in [0.15, 0.2) is 0 Å². The summed E-state index contributed by atoms with van der Waals surface area (Å²) < 4.78 is 0. The summed E-state index contributed by atoms with van der Waals surface area (Å²) in [7, 11) is 0. The van der Waals surface area contributed by atoms with Crippen LogP contribution in [0.3, 0.4) is 0 Å². The molecule has 0 bridgehead atoms. The highest BCUT2D eigenvalue weighted by atomic mass is 16.3. The van der Waals surface area contributed by atoms with Crippen LogP contribution in [0, 0.1) is 0 Å². The van der Waals surface area contributed by atoms with Gasteiger partial charge >= 0.3 is 0 Å². The second-order valence-corrected chi connectivity index (χ2v) is 2.98. The lowest BCUT2D eigenvalue weighted by Crippen LogP contribution is -1.81. The minimum absolute atomic E-state index is 0.292. The molecule has 0 saturated heterocycles. The Bertz CT molecular complexity index is 295. The molecule has 0 fully saturated rings. The van der Waals surface area contributed by atoms with E-state index in [9.17, 15) is 0 Å². The van der Waals surface area contributed by atoms with Crippen LogP contribution in [0.1, 0.15) is 18.4 Å². The molecule has 1 aromatic rings. The van der Waals surface area contributed by atoms with Gasteiger partial charge in [-0.05, 0) is 36.1 Å². The van der Waals surface area contributed by atoms with E-state index < -0.39 is 0 Å². The molecule has 0 aromatic heterocycles. The molecule has 0 aliphatic rings. The number of benzene rings is 1. The maximum atomic E-state index is 9.07. The largest absolute Gasteiger partial charge is 0.508 e. The zero-order chi connectivity index (χ0) is 9.68. The molecule has 0 atom stereocenters. The van der Waals surface area contributed by atoms with E-state index >= 15 is 0 Å². The van der Waals surface area contributed by atoms with Gasteiger partial charge in [0.25, 0.3) is 0 Å². The average molecular weight is 174 g/mol. The van der Waals surface area contributed by atoms with E-state index in [-0.39, 0.29) is 0 Å². The highest BCUT2D eigenvalue weighted by Gasteiger charge is 1.97. The van der Waals surface area contributed by atoms with Crippen molar-refractivity contribution in [3.8, 4) is 5.75 Å². The Labute approximate surface area is 79.0 Å². The van der Waals surface area contributed by atoms with E-state index in [1.54, 1.807) is 12.1 Å². The molecule has 68 valence electrons. The Morgan fingerprint density at radius 3 is 2.46 bits per heavy atom. The fraction of sp³-hybridized carbons (Fsp3) is 0.167. The molecule has 1 nitrogen and oxygen atoms in total. The average Bonchev–Trinajstić information content (AvgIpc) is 2.15. The highest BCUT2D eigenvalue weighted by molar-refractivity contribution is 5.63. The first-order chi connectivity index (χ1) is 6.24. The molecule has 1 heteroatoms. The number of rotatable bonds is 4. The summed E-state index contributed by atoms with van der Waals surface area (Å²) in [6, 6.07) is 7.10. The monoisotopic (exact) mass is 174 g/mol. The van der Waals surface area contributed by atoms with Gasteiger partial charge in [0, 0.05) is 0 Å². The summed E-state index contributed by atoms with van der Waals surface area (Å²) in [4.78, 5) is 0. The second-order valence-electron chi connectivity index (χ2n) is 2.98. The maximum absolute atomic E-state index is 9.07. The third kappa shape index (κ3) is 2.79. The molecule has 0 aliphatic heterocycles. The van der Waals surface area contributed by atoms with Crippen LogP contribution in [0.15, 0.2) is 43.5 Å². The predicted octanol–water partition coefficient (Wildman–Crippen LogP) is 3.37. The van der Waals surface area contributed by atoms with Gasteiger partial charge in [-0.15, -0.1) is 6.58 Å². The van der Waals surface area contributed by atoms with Crippen LogP contribution in [-0.4, -0.2) is 5.11 Å². The van der Waals surface area contributed by atoms with Crippen molar-refractivity contribution in [2.24, 2.45) is 0 Å². The van der Waals surface area contributed by atoms with Gasteiger partial charge in [-0.25, -0.2) is 0 Å². The fourth-order valence-corrected chi connectivity index (χ4v) is 1.12. The molecule has 0 amide bonds. The second kappa shape index (κ2) is 4.51. The molecule has 1 rings (SSSR count). The quantitative estimate of drug-likeness (QED) is 0.694. The van der Waals surface area contributed by atoms with Gasteiger partial charge in [-0.2, -0.15) is 0 Å². The summed E-state index contributed by atoms with van der Waals surface area (Å²) in [5.41, 5.74) is 2.17. The first kappa shape index (κ1) is 9.59. The number of phenols is 1. The third-order valence-electron chi connectivity index (χ3n) is 1.93. The van der Waals surface area contributed by atoms with E-state index in [1.165, 1.54) is 0 Å². The zero-order valence-corrected chi connectivity index (χ0v) is 7.66. The molecule has 13 heavy (non-hydrogen) atoms. The Balaban J connectivity index is 2.66. The molecule has 0 saturated carbocycles. The molecule has 0 aliphatic carbocycles. The van der Waals surface area contributed by atoms with Crippen LogP contribution in [0.2, 0.25) is 0 Å². The van der Waals surface area contributed by atoms with Crippen molar-refractivity contribution in [2.75, 3.05) is 0 Å². The van der Waals surface area contributed by atoms with Crippen molar-refractivity contribution in [3.63, 3.8) is 0 Å². The summed E-state index contributed by atoms with van der Waals surface area (Å²) >= 11 is 0. The number of hydrogen-bond donors (Lipinski definition) is 1. The van der Waals surface area contributed by atoms with Gasteiger partial charge in [0.1, 0.15) is 5.75 Å². The van der Waals surface area contributed by atoms with Gasteiger partial charge in [0.05, 0.1) is 0 Å².